The first-order valence-corrected chi connectivity index (χ1v) is 7.92. The number of rotatable bonds is 5. The summed E-state index contributed by atoms with van der Waals surface area (Å²) in [5.74, 6) is -1.26. The fourth-order valence-corrected chi connectivity index (χ4v) is 2.84. The maximum absolute atomic E-state index is 12.4. The largest absolute Gasteiger partial charge is 0.479 e. The Morgan fingerprint density at radius 2 is 1.68 bits per heavy atom. The number of carboxylic acids is 1. The van der Waals surface area contributed by atoms with Crippen molar-refractivity contribution in [1.29, 1.82) is 0 Å². The van der Waals surface area contributed by atoms with Gasteiger partial charge in [-0.1, -0.05) is 43.2 Å². The van der Waals surface area contributed by atoms with Crippen LogP contribution in [0.25, 0.3) is 0 Å². The molecule has 5 heteroatoms. The lowest BCUT2D eigenvalue weighted by molar-refractivity contribution is -0.142. The first-order valence-electron chi connectivity index (χ1n) is 7.92. The van der Waals surface area contributed by atoms with E-state index in [2.05, 4.69) is 10.2 Å². The molecular weight excluding hydrogens is 280 g/mol. The van der Waals surface area contributed by atoms with Gasteiger partial charge in [-0.25, -0.2) is 4.79 Å². The average molecular weight is 304 g/mol. The summed E-state index contributed by atoms with van der Waals surface area (Å²) in [6.45, 7) is 3.65. The monoisotopic (exact) mass is 304 g/mol. The number of nitrogens with one attached hydrogen (secondary N) is 1. The van der Waals surface area contributed by atoms with Crippen molar-refractivity contribution >= 4 is 11.9 Å². The number of amides is 1. The number of carbonyl (C=O) groups excluding carboxylic acids is 1. The zero-order valence-electron chi connectivity index (χ0n) is 13.0. The molecule has 2 N–H and O–H groups in total. The van der Waals surface area contributed by atoms with E-state index in [0.717, 1.165) is 25.9 Å². The van der Waals surface area contributed by atoms with E-state index < -0.39 is 12.0 Å². The third-order valence-corrected chi connectivity index (χ3v) is 4.23. The molecule has 1 saturated heterocycles. The Morgan fingerprint density at radius 1 is 1.09 bits per heavy atom. The molecule has 0 aromatic heterocycles. The SMILES string of the molecule is CC(C(=O)N[C@@H](C(=O)O)c1ccccc1)N1CCCCCC1. The number of carboxylic acid groups (broad SMARTS) is 1. The number of nitrogens with zero attached hydrogens (tertiary/aromatic N) is 1. The molecule has 120 valence electrons. The summed E-state index contributed by atoms with van der Waals surface area (Å²) < 4.78 is 0. The van der Waals surface area contributed by atoms with Crippen LogP contribution < -0.4 is 5.32 Å². The molecule has 22 heavy (non-hydrogen) atoms. The van der Waals surface area contributed by atoms with Crippen LogP contribution in [0.3, 0.4) is 0 Å². The summed E-state index contributed by atoms with van der Waals surface area (Å²) in [5.41, 5.74) is 0.589. The number of hydrogen-bond donors (Lipinski definition) is 2. The second-order valence-corrected chi connectivity index (χ2v) is 5.82. The smallest absolute Gasteiger partial charge is 0.330 e. The lowest BCUT2D eigenvalue weighted by Gasteiger charge is -2.27. The van der Waals surface area contributed by atoms with Crippen molar-refractivity contribution in [1.82, 2.24) is 10.2 Å². The molecule has 0 bridgehead atoms. The van der Waals surface area contributed by atoms with Crippen LogP contribution in [0, 0.1) is 0 Å². The lowest BCUT2D eigenvalue weighted by Crippen LogP contribution is -2.47. The Labute approximate surface area is 131 Å². The molecule has 0 aliphatic carbocycles. The van der Waals surface area contributed by atoms with Gasteiger partial charge >= 0.3 is 5.97 Å². The molecule has 1 amide bonds. The highest BCUT2D eigenvalue weighted by molar-refractivity contribution is 5.87. The Bertz CT molecular complexity index is 496. The molecular formula is C17H24N2O3. The molecule has 1 fully saturated rings. The van der Waals surface area contributed by atoms with E-state index in [1.54, 1.807) is 24.3 Å². The molecule has 1 heterocycles. The highest BCUT2D eigenvalue weighted by atomic mass is 16.4. The first kappa shape index (κ1) is 16.5. The number of benzene rings is 1. The van der Waals surface area contributed by atoms with Crippen molar-refractivity contribution < 1.29 is 14.7 Å². The summed E-state index contributed by atoms with van der Waals surface area (Å²) in [6, 6.07) is 7.51. The fraction of sp³-hybridized carbons (Fsp3) is 0.529. The second kappa shape index (κ2) is 7.94. The fourth-order valence-electron chi connectivity index (χ4n) is 2.84. The Balaban J connectivity index is 2.03. The van der Waals surface area contributed by atoms with Crippen molar-refractivity contribution in [2.24, 2.45) is 0 Å². The van der Waals surface area contributed by atoms with Gasteiger partial charge in [0.15, 0.2) is 6.04 Å². The van der Waals surface area contributed by atoms with Gasteiger partial charge in [-0.05, 0) is 38.4 Å². The van der Waals surface area contributed by atoms with Crippen LogP contribution in [-0.2, 0) is 9.59 Å². The van der Waals surface area contributed by atoms with E-state index in [-0.39, 0.29) is 11.9 Å². The van der Waals surface area contributed by atoms with Crippen molar-refractivity contribution in [2.75, 3.05) is 13.1 Å². The van der Waals surface area contributed by atoms with Gasteiger partial charge in [-0.3, -0.25) is 9.69 Å². The lowest BCUT2D eigenvalue weighted by atomic mass is 10.1. The van der Waals surface area contributed by atoms with E-state index in [9.17, 15) is 14.7 Å². The minimum absolute atomic E-state index is 0.224. The Morgan fingerprint density at radius 3 is 2.23 bits per heavy atom. The van der Waals surface area contributed by atoms with Crippen molar-refractivity contribution in [3.63, 3.8) is 0 Å². The normalized spacial score (nSPS) is 19.0. The van der Waals surface area contributed by atoms with Gasteiger partial charge in [-0.2, -0.15) is 0 Å². The molecule has 2 rings (SSSR count). The van der Waals surface area contributed by atoms with Gasteiger partial charge < -0.3 is 10.4 Å². The van der Waals surface area contributed by atoms with Crippen LogP contribution >= 0.6 is 0 Å². The van der Waals surface area contributed by atoms with E-state index in [1.165, 1.54) is 12.8 Å². The maximum atomic E-state index is 12.4. The summed E-state index contributed by atoms with van der Waals surface area (Å²) >= 11 is 0. The molecule has 2 atom stereocenters. The van der Waals surface area contributed by atoms with Crippen LogP contribution in [0.5, 0.6) is 0 Å². The molecule has 5 nitrogen and oxygen atoms in total. The van der Waals surface area contributed by atoms with Gasteiger partial charge in [0, 0.05) is 0 Å². The van der Waals surface area contributed by atoms with Crippen molar-refractivity contribution in [3.05, 3.63) is 35.9 Å². The number of aliphatic carboxylic acids is 1. The molecule has 0 radical (unpaired) electrons. The Kier molecular flexibility index (Phi) is 5.95. The van der Waals surface area contributed by atoms with Gasteiger partial charge in [0.05, 0.1) is 6.04 Å². The third-order valence-electron chi connectivity index (χ3n) is 4.23. The minimum atomic E-state index is -1.04. The van der Waals surface area contributed by atoms with Gasteiger partial charge in [0.1, 0.15) is 0 Å². The van der Waals surface area contributed by atoms with Crippen LogP contribution in [0.4, 0.5) is 0 Å². The first-order chi connectivity index (χ1) is 10.6. The molecule has 1 aliphatic heterocycles. The predicted octanol–water partition coefficient (Wildman–Crippen LogP) is 2.19. The maximum Gasteiger partial charge on any atom is 0.330 e. The van der Waals surface area contributed by atoms with E-state index in [1.807, 2.05) is 13.0 Å². The average Bonchev–Trinajstić information content (AvgIpc) is 2.81. The van der Waals surface area contributed by atoms with Crippen LogP contribution in [-0.4, -0.2) is 41.0 Å². The Hall–Kier alpha value is -1.88. The van der Waals surface area contributed by atoms with Gasteiger partial charge in [0.2, 0.25) is 5.91 Å². The van der Waals surface area contributed by atoms with Crippen LogP contribution in [0.15, 0.2) is 30.3 Å². The summed E-state index contributed by atoms with van der Waals surface area (Å²) in [6.07, 6.45) is 4.59. The van der Waals surface area contributed by atoms with E-state index >= 15 is 0 Å². The number of hydrogen-bond acceptors (Lipinski definition) is 3. The molecule has 1 aromatic carbocycles. The second-order valence-electron chi connectivity index (χ2n) is 5.82. The highest BCUT2D eigenvalue weighted by Crippen LogP contribution is 2.16. The molecule has 1 aliphatic rings. The van der Waals surface area contributed by atoms with Gasteiger partial charge in [-0.15, -0.1) is 0 Å². The zero-order valence-corrected chi connectivity index (χ0v) is 13.0. The summed E-state index contributed by atoms with van der Waals surface area (Å²) in [7, 11) is 0. The third kappa shape index (κ3) is 4.31. The van der Waals surface area contributed by atoms with Crippen LogP contribution in [0.1, 0.15) is 44.2 Å². The molecule has 0 saturated carbocycles. The van der Waals surface area contributed by atoms with E-state index in [0.29, 0.717) is 5.56 Å². The van der Waals surface area contributed by atoms with Crippen molar-refractivity contribution in [2.45, 2.75) is 44.7 Å². The quantitative estimate of drug-likeness (QED) is 0.875. The van der Waals surface area contributed by atoms with Gasteiger partial charge in [0.25, 0.3) is 0 Å². The molecule has 0 spiro atoms. The standard InChI is InChI=1S/C17H24N2O3/c1-13(19-11-7-2-3-8-12-19)16(20)18-15(17(21)22)14-9-5-4-6-10-14/h4-6,9-10,13,15H,2-3,7-8,11-12H2,1H3,(H,18,20)(H,21,22)/t13?,15-/m1/s1. The molecule has 1 aromatic rings. The summed E-state index contributed by atoms with van der Waals surface area (Å²) in [5, 5.41) is 12.1. The number of likely N-dealkylation sites (tertiary alicyclic amines) is 1. The predicted molar refractivity (Wildman–Crippen MR) is 84.5 cm³/mol. The van der Waals surface area contributed by atoms with Crippen LogP contribution in [0.2, 0.25) is 0 Å². The minimum Gasteiger partial charge on any atom is -0.479 e. The number of carbonyl (C=O) groups is 2. The zero-order chi connectivity index (χ0) is 15.9. The van der Waals surface area contributed by atoms with Crippen molar-refractivity contribution in [3.8, 4) is 0 Å². The molecule has 1 unspecified atom stereocenters. The summed E-state index contributed by atoms with van der Waals surface area (Å²) in [4.78, 5) is 26.0. The topological polar surface area (TPSA) is 69.6 Å². The highest BCUT2D eigenvalue weighted by Gasteiger charge is 2.27. The van der Waals surface area contributed by atoms with E-state index in [4.69, 9.17) is 0 Å².